The topological polar surface area (TPSA) is 307 Å². The van der Waals surface area contributed by atoms with Crippen molar-refractivity contribution in [3.8, 4) is 0 Å². The average Bonchev–Trinajstić information content (AvgIpc) is 3.30. The molecule has 26 atom stereocenters. The van der Waals surface area contributed by atoms with Gasteiger partial charge in [0.15, 0.2) is 18.9 Å². The third-order valence-electron chi connectivity index (χ3n) is 19.6. The molecule has 8 aliphatic rings. The molecule has 12 N–H and O–H groups in total. The van der Waals surface area contributed by atoms with Gasteiger partial charge in [0, 0.05) is 16.7 Å². The van der Waals surface area contributed by atoms with Crippen LogP contribution in [-0.2, 0) is 33.2 Å². The van der Waals surface area contributed by atoms with Crippen molar-refractivity contribution < 1.29 is 94.4 Å². The maximum atomic E-state index is 12.5. The van der Waals surface area contributed by atoms with E-state index in [-0.39, 0.29) is 65.8 Å². The summed E-state index contributed by atoms with van der Waals surface area (Å²) in [4.78, 5) is 0. The van der Waals surface area contributed by atoms with Gasteiger partial charge in [-0.15, -0.1) is 0 Å². The van der Waals surface area contributed by atoms with Crippen molar-refractivity contribution in [1.29, 1.82) is 0 Å². The minimum Gasteiger partial charge on any atom is -0.396 e. The monoisotopic (exact) mass is 949 g/mol. The number of ether oxygens (including phenoxy) is 7. The lowest BCUT2D eigenvalue weighted by Gasteiger charge is -2.73. The van der Waals surface area contributed by atoms with Gasteiger partial charge in [0.05, 0.1) is 58.0 Å². The van der Waals surface area contributed by atoms with Crippen LogP contribution in [0.15, 0.2) is 0 Å². The number of rotatable bonds is 11. The summed E-state index contributed by atoms with van der Waals surface area (Å²) in [6.07, 6.45) is -13.5. The van der Waals surface area contributed by atoms with Crippen LogP contribution in [0.5, 0.6) is 0 Å². The van der Waals surface area contributed by atoms with E-state index >= 15 is 0 Å². The molecule has 4 saturated heterocycles. The van der Waals surface area contributed by atoms with Gasteiger partial charge in [0.25, 0.3) is 0 Å². The Morgan fingerprint density at radius 2 is 1.26 bits per heavy atom. The van der Waals surface area contributed by atoms with E-state index in [0.29, 0.717) is 19.4 Å². The minimum absolute atomic E-state index is 0.00873. The predicted molar refractivity (Wildman–Crippen MR) is 228 cm³/mol. The quantitative estimate of drug-likeness (QED) is 0.107. The number of hydrogen-bond acceptors (Lipinski definition) is 19. The molecule has 8 fully saturated rings. The van der Waals surface area contributed by atoms with Gasteiger partial charge >= 0.3 is 0 Å². The van der Waals surface area contributed by atoms with E-state index in [1.165, 1.54) is 0 Å². The molecule has 8 rings (SSSR count). The second-order valence-electron chi connectivity index (χ2n) is 22.8. The van der Waals surface area contributed by atoms with Gasteiger partial charge in [0.1, 0.15) is 67.1 Å². The predicted octanol–water partition coefficient (Wildman–Crippen LogP) is -1.34. The summed E-state index contributed by atoms with van der Waals surface area (Å²) in [5.41, 5.74) is -1.69. The Morgan fingerprint density at radius 3 is 1.91 bits per heavy atom. The van der Waals surface area contributed by atoms with Crippen LogP contribution in [0.2, 0.25) is 0 Å². The van der Waals surface area contributed by atoms with Crippen LogP contribution in [0, 0.1) is 50.7 Å². The molecule has 19 heteroatoms. The van der Waals surface area contributed by atoms with E-state index in [9.17, 15) is 61.3 Å². The maximum Gasteiger partial charge on any atom is 0.187 e. The Morgan fingerprint density at radius 1 is 0.591 bits per heavy atom. The molecule has 0 unspecified atom stereocenters. The molecule has 382 valence electrons. The van der Waals surface area contributed by atoms with Crippen molar-refractivity contribution in [2.45, 2.75) is 203 Å². The molecule has 0 aromatic rings. The van der Waals surface area contributed by atoms with Crippen LogP contribution >= 0.6 is 0 Å². The second-order valence-corrected chi connectivity index (χ2v) is 22.8. The molecule has 0 bridgehead atoms. The average molecular weight is 949 g/mol. The van der Waals surface area contributed by atoms with Crippen molar-refractivity contribution in [2.24, 2.45) is 50.7 Å². The molecule has 4 aliphatic heterocycles. The highest BCUT2D eigenvalue weighted by Crippen LogP contribution is 2.75. The molecule has 1 spiro atoms. The van der Waals surface area contributed by atoms with E-state index in [4.69, 9.17) is 33.2 Å². The number of fused-ring (bicyclic) bond motifs is 5. The van der Waals surface area contributed by atoms with Gasteiger partial charge in [0.2, 0.25) is 0 Å². The third-order valence-corrected chi connectivity index (χ3v) is 19.6. The zero-order valence-electron chi connectivity index (χ0n) is 39.2. The minimum atomic E-state index is -1.68. The fraction of sp³-hybridized carbons (Fsp3) is 1.00. The molecule has 4 saturated carbocycles. The van der Waals surface area contributed by atoms with Gasteiger partial charge in [-0.3, -0.25) is 0 Å². The summed E-state index contributed by atoms with van der Waals surface area (Å²) in [5.74, 6) is 0.240. The van der Waals surface area contributed by atoms with Crippen LogP contribution in [0.4, 0.5) is 0 Å². The van der Waals surface area contributed by atoms with Crippen molar-refractivity contribution in [3.05, 3.63) is 0 Å². The Hall–Kier alpha value is -0.760. The van der Waals surface area contributed by atoms with E-state index in [1.807, 2.05) is 13.8 Å². The van der Waals surface area contributed by atoms with Crippen LogP contribution in [-0.4, -0.2) is 205 Å². The molecule has 0 aromatic heterocycles. The Bertz CT molecular complexity index is 1640. The SMILES string of the molecule is C[C@H](CO[C@H]1O[C@@H](CO)[C@H](O)[C@@H](O)[C@@H]1O)[C@H]1CC[C@]2(CC[C@@]3(C)[C@@H](CC[C@H]4[C@]5(C)CC[C@@H](O[C@H]6O[C@@H](CO)[C@H](O)[C@@H](O)[C@@H]6O[C@H]6OC[C@H](O)[C@@H](O)[C@@H]6O)[C@](C)(CO)[C@H]5CC[C@@]43C)[C@@H]2O)CO1. The lowest BCUT2D eigenvalue weighted by Crippen LogP contribution is -2.69. The van der Waals surface area contributed by atoms with Crippen LogP contribution < -0.4 is 0 Å². The van der Waals surface area contributed by atoms with Crippen molar-refractivity contribution in [3.63, 3.8) is 0 Å². The van der Waals surface area contributed by atoms with Crippen LogP contribution in [0.3, 0.4) is 0 Å². The Kier molecular flexibility index (Phi) is 15.1. The first-order valence-electron chi connectivity index (χ1n) is 24.6. The number of hydrogen-bond donors (Lipinski definition) is 12. The van der Waals surface area contributed by atoms with Crippen LogP contribution in [0.1, 0.15) is 98.8 Å². The Balaban J connectivity index is 0.928. The van der Waals surface area contributed by atoms with Crippen molar-refractivity contribution in [1.82, 2.24) is 0 Å². The lowest BCUT2D eigenvalue weighted by atomic mass is 9.33. The highest BCUT2D eigenvalue weighted by Gasteiger charge is 2.71. The van der Waals surface area contributed by atoms with Gasteiger partial charge < -0.3 is 94.4 Å². The van der Waals surface area contributed by atoms with Gasteiger partial charge in [-0.25, -0.2) is 0 Å². The normalized spacial score (nSPS) is 56.0. The van der Waals surface area contributed by atoms with Crippen LogP contribution in [0.25, 0.3) is 0 Å². The molecule has 4 heterocycles. The largest absolute Gasteiger partial charge is 0.396 e. The molecule has 0 radical (unpaired) electrons. The summed E-state index contributed by atoms with van der Waals surface area (Å²) in [6, 6.07) is 0. The summed E-state index contributed by atoms with van der Waals surface area (Å²) < 4.78 is 42.1. The maximum absolute atomic E-state index is 12.5. The fourth-order valence-electron chi connectivity index (χ4n) is 15.1. The molecular weight excluding hydrogens is 868 g/mol. The molecule has 66 heavy (non-hydrogen) atoms. The highest BCUT2D eigenvalue weighted by atomic mass is 16.8. The van der Waals surface area contributed by atoms with E-state index < -0.39 is 122 Å². The summed E-state index contributed by atoms with van der Waals surface area (Å²) >= 11 is 0. The molecule has 19 nitrogen and oxygen atoms in total. The second kappa shape index (κ2) is 19.3. The van der Waals surface area contributed by atoms with Gasteiger partial charge in [-0.2, -0.15) is 0 Å². The highest BCUT2D eigenvalue weighted by molar-refractivity contribution is 5.19. The summed E-state index contributed by atoms with van der Waals surface area (Å²) in [6.45, 7) is 10.0. The van der Waals surface area contributed by atoms with Crippen molar-refractivity contribution in [2.75, 3.05) is 39.6 Å². The Labute approximate surface area is 387 Å². The number of aliphatic hydroxyl groups excluding tert-OH is 12. The molecule has 0 amide bonds. The van der Waals surface area contributed by atoms with Gasteiger partial charge in [-0.05, 0) is 98.2 Å². The lowest BCUT2D eigenvalue weighted by molar-refractivity contribution is -0.372. The first-order valence-corrected chi connectivity index (χ1v) is 24.6. The zero-order valence-corrected chi connectivity index (χ0v) is 39.2. The summed E-state index contributed by atoms with van der Waals surface area (Å²) in [7, 11) is 0. The smallest absolute Gasteiger partial charge is 0.187 e. The number of aliphatic hydroxyl groups is 12. The standard InChI is InChI=1S/C47H80O19/c1-22(18-60-40-37(58)34(55)32(53)26(16-48)63-40)25-8-13-47(21-62-25)15-14-45(4)23(39(47)59)6-7-29-43(2)11-10-30(44(3,20-50)28(43)9-12-46(29,45)5)65-42-38(35(56)33(54)27(17-49)64-42)66-41-36(57)31(52)24(51)19-61-41/h22-42,48-59H,6-21H2,1-5H3/t22-,23+,24+,25-,26+,27+,28+,29+,30-,31-,32+,33+,34-,35-,36+,37+,38+,39+,40+,41-,42-,43-,44-,45+,46+,47+/m1/s1. The van der Waals surface area contributed by atoms with Crippen molar-refractivity contribution >= 4 is 0 Å². The molecule has 0 aromatic carbocycles. The van der Waals surface area contributed by atoms with E-state index in [1.54, 1.807) is 0 Å². The molecular formula is C47H80O19. The summed E-state index contributed by atoms with van der Waals surface area (Å²) in [5, 5.41) is 127. The zero-order chi connectivity index (χ0) is 47.9. The third kappa shape index (κ3) is 8.35. The molecule has 4 aliphatic carbocycles. The van der Waals surface area contributed by atoms with E-state index in [0.717, 1.165) is 51.4 Å². The fourth-order valence-corrected chi connectivity index (χ4v) is 15.1. The van der Waals surface area contributed by atoms with Gasteiger partial charge in [-0.1, -0.05) is 34.6 Å². The first kappa shape index (κ1) is 51.6. The van der Waals surface area contributed by atoms with E-state index in [2.05, 4.69) is 20.8 Å². The first-order chi connectivity index (χ1) is 31.1.